The highest BCUT2D eigenvalue weighted by molar-refractivity contribution is 5.86. The Morgan fingerprint density at radius 3 is 2.83 bits per heavy atom. The first-order valence-electron chi connectivity index (χ1n) is 9.83. The standard InChI is InChI=1S/C21H24N6O3/c1-29-17-6-3-5-16-15(17)11-13-26(16)14-12-22-20(28)8-4-7-18-23-24-19-9-10-21(30-2)25-27(18)19/h3,5-6,9-11,13H,4,7-8,12,14H2,1-2H3,(H,22,28). The Kier molecular flexibility index (Phi) is 5.78. The van der Waals surface area contributed by atoms with Crippen LogP contribution in [0.15, 0.2) is 42.6 Å². The summed E-state index contributed by atoms with van der Waals surface area (Å²) in [6, 6.07) is 11.5. The van der Waals surface area contributed by atoms with E-state index in [1.54, 1.807) is 30.9 Å². The predicted molar refractivity (Wildman–Crippen MR) is 112 cm³/mol. The highest BCUT2D eigenvalue weighted by Crippen LogP contribution is 2.26. The Morgan fingerprint density at radius 1 is 1.10 bits per heavy atom. The molecule has 9 heteroatoms. The van der Waals surface area contributed by atoms with E-state index in [0.29, 0.717) is 49.7 Å². The van der Waals surface area contributed by atoms with Crippen LogP contribution in [0.5, 0.6) is 11.6 Å². The average molecular weight is 408 g/mol. The van der Waals surface area contributed by atoms with Crippen molar-refractivity contribution >= 4 is 22.5 Å². The van der Waals surface area contributed by atoms with Gasteiger partial charge in [-0.25, -0.2) is 0 Å². The first-order valence-corrected chi connectivity index (χ1v) is 9.83. The molecular formula is C21H24N6O3. The summed E-state index contributed by atoms with van der Waals surface area (Å²) in [5, 5.41) is 16.6. The van der Waals surface area contributed by atoms with Crippen molar-refractivity contribution in [3.05, 3.63) is 48.4 Å². The molecule has 1 N–H and O–H groups in total. The van der Waals surface area contributed by atoms with E-state index in [4.69, 9.17) is 9.47 Å². The van der Waals surface area contributed by atoms with Gasteiger partial charge in [-0.1, -0.05) is 6.07 Å². The minimum absolute atomic E-state index is 0.0170. The van der Waals surface area contributed by atoms with Crippen molar-refractivity contribution in [3.8, 4) is 11.6 Å². The lowest BCUT2D eigenvalue weighted by Gasteiger charge is -2.08. The van der Waals surface area contributed by atoms with Crippen LogP contribution in [0, 0.1) is 0 Å². The molecule has 0 aliphatic rings. The number of carbonyl (C=O) groups is 1. The topological polar surface area (TPSA) is 95.6 Å². The number of methoxy groups -OCH3 is 2. The first-order chi connectivity index (χ1) is 14.7. The number of nitrogens with one attached hydrogen (secondary N) is 1. The van der Waals surface area contributed by atoms with E-state index in [1.165, 1.54) is 0 Å². The maximum atomic E-state index is 12.2. The number of ether oxygens (including phenoxy) is 2. The summed E-state index contributed by atoms with van der Waals surface area (Å²) >= 11 is 0. The smallest absolute Gasteiger partial charge is 0.231 e. The fourth-order valence-corrected chi connectivity index (χ4v) is 3.46. The van der Waals surface area contributed by atoms with Crippen LogP contribution in [0.3, 0.4) is 0 Å². The zero-order chi connectivity index (χ0) is 20.9. The number of fused-ring (bicyclic) bond motifs is 2. The second kappa shape index (κ2) is 8.81. The minimum Gasteiger partial charge on any atom is -0.496 e. The molecule has 3 heterocycles. The summed E-state index contributed by atoms with van der Waals surface area (Å²) in [7, 11) is 3.23. The van der Waals surface area contributed by atoms with Crippen LogP contribution in [-0.4, -0.2) is 51.1 Å². The Balaban J connectivity index is 1.26. The van der Waals surface area contributed by atoms with Gasteiger partial charge in [-0.3, -0.25) is 4.79 Å². The van der Waals surface area contributed by atoms with Crippen molar-refractivity contribution in [2.45, 2.75) is 25.8 Å². The molecule has 0 unspecified atom stereocenters. The maximum Gasteiger partial charge on any atom is 0.231 e. The van der Waals surface area contributed by atoms with Crippen LogP contribution < -0.4 is 14.8 Å². The molecule has 4 aromatic rings. The molecule has 3 aromatic heterocycles. The molecule has 156 valence electrons. The highest BCUT2D eigenvalue weighted by Gasteiger charge is 2.10. The van der Waals surface area contributed by atoms with E-state index >= 15 is 0 Å². The van der Waals surface area contributed by atoms with E-state index in [2.05, 4.69) is 25.2 Å². The Labute approximate surface area is 173 Å². The fraction of sp³-hybridized carbons (Fsp3) is 0.333. The van der Waals surface area contributed by atoms with Gasteiger partial charge in [0.2, 0.25) is 11.8 Å². The molecular weight excluding hydrogens is 384 g/mol. The Hall–Kier alpha value is -3.62. The first kappa shape index (κ1) is 19.7. The third-order valence-electron chi connectivity index (χ3n) is 4.98. The zero-order valence-electron chi connectivity index (χ0n) is 17.0. The van der Waals surface area contributed by atoms with Gasteiger partial charge in [-0.15, -0.1) is 15.3 Å². The van der Waals surface area contributed by atoms with Crippen LogP contribution in [0.2, 0.25) is 0 Å². The lowest BCUT2D eigenvalue weighted by atomic mass is 10.2. The molecule has 1 amide bonds. The number of aromatic nitrogens is 5. The number of nitrogens with zero attached hydrogens (tertiary/aromatic N) is 5. The lowest BCUT2D eigenvalue weighted by molar-refractivity contribution is -0.121. The maximum absolute atomic E-state index is 12.2. The van der Waals surface area contributed by atoms with E-state index in [-0.39, 0.29) is 5.91 Å². The number of aryl methyl sites for hydroxylation is 1. The predicted octanol–water partition coefficient (Wildman–Crippen LogP) is 2.24. The minimum atomic E-state index is 0.0170. The largest absolute Gasteiger partial charge is 0.496 e. The van der Waals surface area contributed by atoms with E-state index in [1.807, 2.05) is 30.5 Å². The van der Waals surface area contributed by atoms with Gasteiger partial charge in [0.25, 0.3) is 0 Å². The second-order valence-corrected chi connectivity index (χ2v) is 6.87. The summed E-state index contributed by atoms with van der Waals surface area (Å²) in [6.45, 7) is 1.26. The van der Waals surface area contributed by atoms with Crippen molar-refractivity contribution in [2.75, 3.05) is 20.8 Å². The summed E-state index contributed by atoms with van der Waals surface area (Å²) < 4.78 is 14.3. The van der Waals surface area contributed by atoms with E-state index in [0.717, 1.165) is 16.7 Å². The van der Waals surface area contributed by atoms with Crippen LogP contribution >= 0.6 is 0 Å². The molecule has 30 heavy (non-hydrogen) atoms. The van der Waals surface area contributed by atoms with Gasteiger partial charge in [0.1, 0.15) is 5.75 Å². The monoisotopic (exact) mass is 408 g/mol. The number of hydrogen-bond acceptors (Lipinski definition) is 6. The number of rotatable bonds is 9. The molecule has 0 aliphatic carbocycles. The normalized spacial score (nSPS) is 11.1. The van der Waals surface area contributed by atoms with Crippen molar-refractivity contribution in [1.29, 1.82) is 0 Å². The fourth-order valence-electron chi connectivity index (χ4n) is 3.46. The molecule has 9 nitrogen and oxygen atoms in total. The Bertz CT molecular complexity index is 1150. The van der Waals surface area contributed by atoms with Gasteiger partial charge in [-0.05, 0) is 30.7 Å². The quantitative estimate of drug-likeness (QED) is 0.456. The molecule has 0 bridgehead atoms. The van der Waals surface area contributed by atoms with Crippen LogP contribution in [0.25, 0.3) is 16.6 Å². The molecule has 0 saturated carbocycles. The molecule has 1 aromatic carbocycles. The number of amides is 1. The van der Waals surface area contributed by atoms with Crippen molar-refractivity contribution < 1.29 is 14.3 Å². The van der Waals surface area contributed by atoms with Gasteiger partial charge in [-0.2, -0.15) is 4.52 Å². The van der Waals surface area contributed by atoms with E-state index < -0.39 is 0 Å². The number of benzene rings is 1. The lowest BCUT2D eigenvalue weighted by Crippen LogP contribution is -2.26. The number of carbonyl (C=O) groups excluding carboxylic acids is 1. The van der Waals surface area contributed by atoms with Crippen LogP contribution in [0.4, 0.5) is 0 Å². The summed E-state index contributed by atoms with van der Waals surface area (Å²) in [5.74, 6) is 2.08. The van der Waals surface area contributed by atoms with Gasteiger partial charge < -0.3 is 19.4 Å². The molecule has 0 aliphatic heterocycles. The van der Waals surface area contributed by atoms with Gasteiger partial charge in [0.05, 0.1) is 19.7 Å². The zero-order valence-corrected chi connectivity index (χ0v) is 17.0. The molecule has 0 atom stereocenters. The second-order valence-electron chi connectivity index (χ2n) is 6.87. The highest BCUT2D eigenvalue weighted by atomic mass is 16.5. The third kappa shape index (κ3) is 4.05. The Morgan fingerprint density at radius 2 is 2.00 bits per heavy atom. The molecule has 0 radical (unpaired) electrons. The third-order valence-corrected chi connectivity index (χ3v) is 4.98. The van der Waals surface area contributed by atoms with Gasteiger partial charge in [0, 0.05) is 43.6 Å². The van der Waals surface area contributed by atoms with Crippen molar-refractivity contribution in [3.63, 3.8) is 0 Å². The summed E-state index contributed by atoms with van der Waals surface area (Å²) in [4.78, 5) is 12.2. The summed E-state index contributed by atoms with van der Waals surface area (Å²) in [5.41, 5.74) is 1.75. The van der Waals surface area contributed by atoms with Crippen LogP contribution in [-0.2, 0) is 17.8 Å². The number of hydrogen-bond donors (Lipinski definition) is 1. The van der Waals surface area contributed by atoms with Gasteiger partial charge >= 0.3 is 0 Å². The van der Waals surface area contributed by atoms with E-state index in [9.17, 15) is 4.79 Å². The van der Waals surface area contributed by atoms with Crippen molar-refractivity contribution in [1.82, 2.24) is 29.7 Å². The molecule has 4 rings (SSSR count). The molecule has 0 saturated heterocycles. The SMILES string of the molecule is COc1ccc2nnc(CCCC(=O)NCCn3ccc4c(OC)cccc43)n2n1. The molecule has 0 fully saturated rings. The summed E-state index contributed by atoms with van der Waals surface area (Å²) in [6.07, 6.45) is 3.70. The molecule has 0 spiro atoms. The van der Waals surface area contributed by atoms with Gasteiger partial charge in [0.15, 0.2) is 11.5 Å². The van der Waals surface area contributed by atoms with Crippen molar-refractivity contribution in [2.24, 2.45) is 0 Å². The average Bonchev–Trinajstić information content (AvgIpc) is 3.37. The van der Waals surface area contributed by atoms with Crippen LogP contribution in [0.1, 0.15) is 18.7 Å².